The summed E-state index contributed by atoms with van der Waals surface area (Å²) in [6, 6.07) is 12.0. The molecule has 0 saturated carbocycles. The molecule has 2 aromatic rings. The van der Waals surface area contributed by atoms with Gasteiger partial charge in [-0.15, -0.1) is 0 Å². The average Bonchev–Trinajstić information content (AvgIpc) is 3.03. The number of hydrogen-bond acceptors (Lipinski definition) is 5. The quantitative estimate of drug-likeness (QED) is 0.768. The van der Waals surface area contributed by atoms with Gasteiger partial charge < -0.3 is 36.7 Å². The Morgan fingerprint density at radius 3 is 2.42 bits per heavy atom. The Balaban J connectivity index is 0.00000208. The van der Waals surface area contributed by atoms with Crippen molar-refractivity contribution >= 4 is 0 Å². The lowest BCUT2D eigenvalue weighted by atomic mass is 10.1. The number of hydrogen-bond donors (Lipinski definition) is 1. The van der Waals surface area contributed by atoms with Gasteiger partial charge in [0.25, 0.3) is 0 Å². The summed E-state index contributed by atoms with van der Waals surface area (Å²) < 4.78 is 21.6. The predicted octanol–water partition coefficient (Wildman–Crippen LogP) is 0.116. The number of rotatable bonds is 7. The molecule has 0 radical (unpaired) electrons. The highest BCUT2D eigenvalue weighted by Crippen LogP contribution is 2.32. The number of fused-ring (bicyclic) bond motifs is 1. The van der Waals surface area contributed by atoms with E-state index in [1.54, 1.807) is 7.11 Å². The molecule has 0 saturated heterocycles. The molecule has 0 bridgehead atoms. The van der Waals surface area contributed by atoms with Crippen LogP contribution in [0.1, 0.15) is 18.1 Å². The van der Waals surface area contributed by atoms with Gasteiger partial charge >= 0.3 is 0 Å². The molecular formula is C18H21ClNO4-. The van der Waals surface area contributed by atoms with E-state index in [9.17, 15) is 0 Å². The van der Waals surface area contributed by atoms with Gasteiger partial charge in [0.1, 0.15) is 0 Å². The van der Waals surface area contributed by atoms with E-state index < -0.39 is 0 Å². The third kappa shape index (κ3) is 4.24. The maximum Gasteiger partial charge on any atom is 0.231 e. The fraction of sp³-hybridized carbons (Fsp3) is 0.333. The summed E-state index contributed by atoms with van der Waals surface area (Å²) in [7, 11) is 1.65. The van der Waals surface area contributed by atoms with Crippen LogP contribution in [-0.4, -0.2) is 20.5 Å². The molecule has 3 rings (SSSR count). The largest absolute Gasteiger partial charge is 1.00 e. The maximum absolute atomic E-state index is 5.60. The summed E-state index contributed by atoms with van der Waals surface area (Å²) in [6.45, 7) is 4.39. The smallest absolute Gasteiger partial charge is 0.231 e. The van der Waals surface area contributed by atoms with Crippen molar-refractivity contribution in [1.82, 2.24) is 5.32 Å². The molecule has 0 spiro atoms. The van der Waals surface area contributed by atoms with Crippen molar-refractivity contribution in [3.05, 3.63) is 47.5 Å². The molecule has 1 heterocycles. The first-order valence-electron chi connectivity index (χ1n) is 7.69. The second-order valence-corrected chi connectivity index (χ2v) is 5.21. The van der Waals surface area contributed by atoms with Crippen LogP contribution in [0.5, 0.6) is 23.0 Å². The van der Waals surface area contributed by atoms with E-state index in [4.69, 9.17) is 18.9 Å². The lowest BCUT2D eigenvalue weighted by Gasteiger charge is -2.12. The van der Waals surface area contributed by atoms with Crippen LogP contribution in [0.25, 0.3) is 0 Å². The standard InChI is InChI=1S/C18H21NO4.ClH/c1-3-21-17-8-13(4-6-15(17)20-2)10-19-11-14-5-7-16-18(9-14)23-12-22-16;/h4-9,19H,3,10-12H2,1-2H3;1H/p-1. The van der Waals surface area contributed by atoms with Crippen LogP contribution in [0.3, 0.4) is 0 Å². The van der Waals surface area contributed by atoms with E-state index in [0.717, 1.165) is 47.2 Å². The first kappa shape index (κ1) is 18.2. The minimum Gasteiger partial charge on any atom is -1.00 e. The van der Waals surface area contributed by atoms with E-state index in [1.165, 1.54) is 0 Å². The van der Waals surface area contributed by atoms with Gasteiger partial charge in [0.2, 0.25) is 6.79 Å². The molecule has 6 heteroatoms. The van der Waals surface area contributed by atoms with Gasteiger partial charge in [-0.3, -0.25) is 0 Å². The Morgan fingerprint density at radius 2 is 1.67 bits per heavy atom. The molecule has 1 aliphatic rings. The molecule has 2 aromatic carbocycles. The summed E-state index contributed by atoms with van der Waals surface area (Å²) in [6.07, 6.45) is 0. The van der Waals surface area contributed by atoms with Gasteiger partial charge in [-0.25, -0.2) is 0 Å². The van der Waals surface area contributed by atoms with Crippen molar-refractivity contribution in [2.75, 3.05) is 20.5 Å². The third-order valence-electron chi connectivity index (χ3n) is 3.62. The maximum atomic E-state index is 5.60. The zero-order valence-corrected chi connectivity index (χ0v) is 14.6. The minimum atomic E-state index is 0. The van der Waals surface area contributed by atoms with Gasteiger partial charge in [-0.05, 0) is 42.3 Å². The van der Waals surface area contributed by atoms with Gasteiger partial charge in [0.05, 0.1) is 13.7 Å². The number of methoxy groups -OCH3 is 1. The summed E-state index contributed by atoms with van der Waals surface area (Å²) >= 11 is 0. The molecule has 0 aromatic heterocycles. The van der Waals surface area contributed by atoms with Crippen LogP contribution in [-0.2, 0) is 13.1 Å². The van der Waals surface area contributed by atoms with Gasteiger partial charge in [0.15, 0.2) is 23.0 Å². The predicted molar refractivity (Wildman–Crippen MR) is 87.3 cm³/mol. The Bertz CT molecular complexity index is 678. The Kier molecular flexibility index (Phi) is 6.58. The van der Waals surface area contributed by atoms with Crippen molar-refractivity contribution in [2.45, 2.75) is 20.0 Å². The van der Waals surface area contributed by atoms with Crippen LogP contribution < -0.4 is 36.7 Å². The van der Waals surface area contributed by atoms with E-state index in [0.29, 0.717) is 13.4 Å². The Labute approximate surface area is 148 Å². The molecule has 0 fully saturated rings. The second-order valence-electron chi connectivity index (χ2n) is 5.21. The first-order chi connectivity index (χ1) is 11.3. The van der Waals surface area contributed by atoms with Crippen LogP contribution in [0.15, 0.2) is 36.4 Å². The average molecular weight is 351 g/mol. The molecule has 1 aliphatic heterocycles. The normalized spacial score (nSPS) is 11.8. The van der Waals surface area contributed by atoms with Crippen molar-refractivity contribution in [3.63, 3.8) is 0 Å². The highest BCUT2D eigenvalue weighted by atomic mass is 35.5. The van der Waals surface area contributed by atoms with Gasteiger partial charge in [-0.2, -0.15) is 0 Å². The van der Waals surface area contributed by atoms with E-state index in [-0.39, 0.29) is 12.4 Å². The van der Waals surface area contributed by atoms with Crippen molar-refractivity contribution < 1.29 is 31.4 Å². The fourth-order valence-electron chi connectivity index (χ4n) is 2.50. The van der Waals surface area contributed by atoms with E-state index in [2.05, 4.69) is 5.32 Å². The van der Waals surface area contributed by atoms with Crippen molar-refractivity contribution in [3.8, 4) is 23.0 Å². The van der Waals surface area contributed by atoms with Crippen LogP contribution in [0, 0.1) is 0 Å². The van der Waals surface area contributed by atoms with Gasteiger partial charge in [0, 0.05) is 13.1 Å². The molecule has 0 amide bonds. The Morgan fingerprint density at radius 1 is 0.958 bits per heavy atom. The molecule has 1 N–H and O–H groups in total. The summed E-state index contributed by atoms with van der Waals surface area (Å²) in [5.74, 6) is 3.15. The highest BCUT2D eigenvalue weighted by Gasteiger charge is 2.13. The monoisotopic (exact) mass is 350 g/mol. The van der Waals surface area contributed by atoms with Crippen LogP contribution in [0.2, 0.25) is 0 Å². The summed E-state index contributed by atoms with van der Waals surface area (Å²) in [4.78, 5) is 0. The number of halogens is 1. The highest BCUT2D eigenvalue weighted by molar-refractivity contribution is 5.45. The van der Waals surface area contributed by atoms with E-state index in [1.807, 2.05) is 43.3 Å². The first-order valence-corrected chi connectivity index (χ1v) is 7.69. The topological polar surface area (TPSA) is 49.0 Å². The SMILES string of the molecule is CCOc1cc(CNCc2ccc3c(c2)OCO3)ccc1OC.[Cl-]. The second kappa shape index (κ2) is 8.66. The fourth-order valence-corrected chi connectivity index (χ4v) is 2.50. The zero-order chi connectivity index (χ0) is 16.1. The van der Waals surface area contributed by atoms with E-state index >= 15 is 0 Å². The van der Waals surface area contributed by atoms with Crippen molar-refractivity contribution in [2.24, 2.45) is 0 Å². The lowest BCUT2D eigenvalue weighted by Crippen LogP contribution is -3.00. The minimum absolute atomic E-state index is 0. The van der Waals surface area contributed by atoms with Gasteiger partial charge in [-0.1, -0.05) is 12.1 Å². The Hall–Kier alpha value is -2.11. The molecule has 130 valence electrons. The lowest BCUT2D eigenvalue weighted by molar-refractivity contribution is -0.00000702. The molecular weight excluding hydrogens is 330 g/mol. The molecule has 24 heavy (non-hydrogen) atoms. The number of benzene rings is 2. The summed E-state index contributed by atoms with van der Waals surface area (Å²) in [5.41, 5.74) is 2.31. The number of ether oxygens (including phenoxy) is 4. The molecule has 5 nitrogen and oxygen atoms in total. The summed E-state index contributed by atoms with van der Waals surface area (Å²) in [5, 5.41) is 3.42. The third-order valence-corrected chi connectivity index (χ3v) is 3.62. The number of nitrogens with one attached hydrogen (secondary N) is 1. The zero-order valence-electron chi connectivity index (χ0n) is 13.8. The molecule has 0 aliphatic carbocycles. The molecule has 0 atom stereocenters. The van der Waals surface area contributed by atoms with Crippen LogP contribution >= 0.6 is 0 Å². The van der Waals surface area contributed by atoms with Crippen LogP contribution in [0.4, 0.5) is 0 Å². The molecule has 0 unspecified atom stereocenters. The van der Waals surface area contributed by atoms with Crippen molar-refractivity contribution in [1.29, 1.82) is 0 Å².